The first kappa shape index (κ1) is 25.7. The van der Waals surface area contributed by atoms with Crippen LogP contribution in [0.25, 0.3) is 0 Å². The van der Waals surface area contributed by atoms with Crippen molar-refractivity contribution in [1.29, 1.82) is 0 Å². The summed E-state index contributed by atoms with van der Waals surface area (Å²) in [7, 11) is -2.37. The minimum absolute atomic E-state index is 0.0640. The van der Waals surface area contributed by atoms with Crippen LogP contribution in [0, 0.1) is 11.7 Å². The molecule has 1 aromatic heterocycles. The van der Waals surface area contributed by atoms with Gasteiger partial charge in [-0.15, -0.1) is 11.3 Å². The molecule has 33 heavy (non-hydrogen) atoms. The highest BCUT2D eigenvalue weighted by atomic mass is 35.5. The number of benzene rings is 1. The summed E-state index contributed by atoms with van der Waals surface area (Å²) in [5.74, 6) is -2.71. The molecule has 6 nitrogen and oxygen atoms in total. The third-order valence-corrected chi connectivity index (χ3v) is 9.70. The summed E-state index contributed by atoms with van der Waals surface area (Å²) >= 11 is 13.4. The Kier molecular flexibility index (Phi) is 7.88. The summed E-state index contributed by atoms with van der Waals surface area (Å²) in [5, 5.41) is 3.50. The van der Waals surface area contributed by atoms with E-state index >= 15 is 0 Å². The fraction of sp³-hybridized carbons (Fsp3) is 0.364. The van der Waals surface area contributed by atoms with Crippen molar-refractivity contribution in [3.05, 3.63) is 62.0 Å². The van der Waals surface area contributed by atoms with Crippen molar-refractivity contribution in [1.82, 2.24) is 5.32 Å². The van der Waals surface area contributed by atoms with Gasteiger partial charge in [0.25, 0.3) is 5.91 Å². The molecular formula is C22H22Cl2FNO5S2. The molecule has 0 bridgehead atoms. The number of halogens is 3. The standard InChI is InChI=1S/C22H22Cl2FNO5S2/c1-11(2)33(29,30)17-10-32-20(19(17)24)21(27)26-14-6-4-12(8-14)18(22(28)31-3)15-7-5-13(25)9-16(15)23/h4-7,9-12,14,18H,8H2,1-3H3,(H,26,27). The number of rotatable bonds is 7. The Morgan fingerprint density at radius 1 is 1.24 bits per heavy atom. The van der Waals surface area contributed by atoms with E-state index in [0.29, 0.717) is 12.0 Å². The van der Waals surface area contributed by atoms with E-state index in [-0.39, 0.29) is 25.7 Å². The summed E-state index contributed by atoms with van der Waals surface area (Å²) < 4.78 is 43.3. The van der Waals surface area contributed by atoms with Gasteiger partial charge in [-0.1, -0.05) is 41.4 Å². The van der Waals surface area contributed by atoms with Crippen molar-refractivity contribution in [2.75, 3.05) is 7.11 Å². The maximum Gasteiger partial charge on any atom is 0.313 e. The number of esters is 1. The molecule has 0 saturated carbocycles. The van der Waals surface area contributed by atoms with Crippen LogP contribution in [0.3, 0.4) is 0 Å². The maximum absolute atomic E-state index is 13.5. The maximum atomic E-state index is 13.5. The molecule has 1 N–H and O–H groups in total. The van der Waals surface area contributed by atoms with Crippen LogP contribution < -0.4 is 5.32 Å². The Bertz CT molecular complexity index is 1210. The van der Waals surface area contributed by atoms with Gasteiger partial charge in [-0.25, -0.2) is 12.8 Å². The number of methoxy groups -OCH3 is 1. The van der Waals surface area contributed by atoms with E-state index in [2.05, 4.69) is 5.32 Å². The predicted molar refractivity (Wildman–Crippen MR) is 126 cm³/mol. The number of hydrogen-bond donors (Lipinski definition) is 1. The molecule has 0 spiro atoms. The lowest BCUT2D eigenvalue weighted by Crippen LogP contribution is -2.33. The largest absolute Gasteiger partial charge is 0.469 e. The fourth-order valence-corrected chi connectivity index (χ4v) is 6.93. The normalized spacial score (nSPS) is 19.0. The molecule has 1 aliphatic carbocycles. The monoisotopic (exact) mass is 533 g/mol. The van der Waals surface area contributed by atoms with Gasteiger partial charge in [0.1, 0.15) is 10.7 Å². The minimum Gasteiger partial charge on any atom is -0.469 e. The van der Waals surface area contributed by atoms with Crippen LogP contribution in [0.5, 0.6) is 0 Å². The second kappa shape index (κ2) is 10.1. The summed E-state index contributed by atoms with van der Waals surface area (Å²) in [6.45, 7) is 3.08. The summed E-state index contributed by atoms with van der Waals surface area (Å²) in [6, 6.07) is 3.36. The van der Waals surface area contributed by atoms with Gasteiger partial charge in [-0.2, -0.15) is 0 Å². The summed E-state index contributed by atoms with van der Waals surface area (Å²) in [5.41, 5.74) is 0.427. The molecule has 3 rings (SSSR count). The van der Waals surface area contributed by atoms with E-state index in [1.807, 2.05) is 0 Å². The first-order valence-corrected chi connectivity index (χ1v) is 13.2. The van der Waals surface area contributed by atoms with Crippen molar-refractivity contribution < 1.29 is 27.1 Å². The zero-order valence-corrected chi connectivity index (χ0v) is 21.1. The lowest BCUT2D eigenvalue weighted by molar-refractivity contribution is -0.143. The van der Waals surface area contributed by atoms with Crippen LogP contribution in [-0.2, 0) is 19.4 Å². The van der Waals surface area contributed by atoms with Crippen LogP contribution in [0.1, 0.15) is 41.4 Å². The third-order valence-electron chi connectivity index (χ3n) is 5.45. The van der Waals surface area contributed by atoms with E-state index in [4.69, 9.17) is 27.9 Å². The van der Waals surface area contributed by atoms with Crippen molar-refractivity contribution in [2.24, 2.45) is 5.92 Å². The van der Waals surface area contributed by atoms with Crippen molar-refractivity contribution in [2.45, 2.75) is 42.4 Å². The van der Waals surface area contributed by atoms with Crippen LogP contribution in [-0.4, -0.2) is 38.7 Å². The number of nitrogens with one attached hydrogen (secondary N) is 1. The smallest absolute Gasteiger partial charge is 0.313 e. The molecule has 2 aromatic rings. The van der Waals surface area contributed by atoms with E-state index in [1.54, 1.807) is 12.2 Å². The van der Waals surface area contributed by atoms with E-state index in [9.17, 15) is 22.4 Å². The number of allylic oxidation sites excluding steroid dienone is 1. The topological polar surface area (TPSA) is 89.5 Å². The van der Waals surface area contributed by atoms with Gasteiger partial charge in [-0.05, 0) is 43.9 Å². The Balaban J connectivity index is 1.77. The molecule has 0 saturated heterocycles. The van der Waals surface area contributed by atoms with Gasteiger partial charge in [0.05, 0.1) is 28.2 Å². The van der Waals surface area contributed by atoms with Crippen LogP contribution in [0.2, 0.25) is 10.0 Å². The number of thiophene rings is 1. The molecule has 0 aliphatic heterocycles. The zero-order chi connectivity index (χ0) is 24.5. The Hall–Kier alpha value is -1.94. The van der Waals surface area contributed by atoms with Crippen molar-refractivity contribution >= 4 is 56.3 Å². The molecule has 11 heteroatoms. The van der Waals surface area contributed by atoms with E-state index < -0.39 is 44.7 Å². The first-order chi connectivity index (χ1) is 15.5. The number of carbonyl (C=O) groups excluding carboxylic acids is 2. The van der Waals surface area contributed by atoms with E-state index in [0.717, 1.165) is 17.4 Å². The summed E-state index contributed by atoms with van der Waals surface area (Å²) in [6.07, 6.45) is 3.87. The lowest BCUT2D eigenvalue weighted by Gasteiger charge is -2.23. The second-order valence-electron chi connectivity index (χ2n) is 7.87. The van der Waals surface area contributed by atoms with Crippen molar-refractivity contribution in [3.8, 4) is 0 Å². The average Bonchev–Trinajstić information content (AvgIpc) is 3.36. The molecule has 0 fully saturated rings. The average molecular weight is 534 g/mol. The second-order valence-corrected chi connectivity index (χ2v) is 12.0. The molecule has 1 aromatic carbocycles. The van der Waals surface area contributed by atoms with Gasteiger partial charge in [0.2, 0.25) is 0 Å². The number of hydrogen-bond acceptors (Lipinski definition) is 6. The van der Waals surface area contributed by atoms with Crippen molar-refractivity contribution in [3.63, 3.8) is 0 Å². The van der Waals surface area contributed by atoms with Crippen LogP contribution in [0.15, 0.2) is 40.6 Å². The van der Waals surface area contributed by atoms with Gasteiger partial charge >= 0.3 is 5.97 Å². The van der Waals surface area contributed by atoms with Gasteiger partial charge in [-0.3, -0.25) is 9.59 Å². The lowest BCUT2D eigenvalue weighted by atomic mass is 9.85. The molecule has 1 heterocycles. The van der Waals surface area contributed by atoms with Gasteiger partial charge in [0, 0.05) is 16.4 Å². The van der Waals surface area contributed by atoms with E-state index in [1.165, 1.54) is 38.5 Å². The quantitative estimate of drug-likeness (QED) is 0.399. The molecule has 3 atom stereocenters. The Morgan fingerprint density at radius 2 is 1.94 bits per heavy atom. The molecule has 1 amide bonds. The van der Waals surface area contributed by atoms with Gasteiger partial charge in [0.15, 0.2) is 9.84 Å². The third kappa shape index (κ3) is 5.26. The predicted octanol–water partition coefficient (Wildman–Crippen LogP) is 5.01. The molecule has 1 aliphatic rings. The highest BCUT2D eigenvalue weighted by Crippen LogP contribution is 2.38. The number of ether oxygens (including phenoxy) is 1. The SMILES string of the molecule is COC(=O)C(c1ccc(F)cc1Cl)C1C=CC(NC(=O)c2scc(S(=O)(=O)C(C)C)c2Cl)C1. The molecular weight excluding hydrogens is 512 g/mol. The minimum atomic E-state index is -3.62. The van der Waals surface area contributed by atoms with Gasteiger partial charge < -0.3 is 10.1 Å². The van der Waals surface area contributed by atoms with Crippen LogP contribution in [0.4, 0.5) is 4.39 Å². The Labute approximate surface area is 205 Å². The first-order valence-electron chi connectivity index (χ1n) is 10.00. The fourth-order valence-electron chi connectivity index (χ4n) is 3.66. The number of sulfone groups is 1. The molecule has 0 radical (unpaired) electrons. The number of amides is 1. The summed E-state index contributed by atoms with van der Waals surface area (Å²) in [4.78, 5) is 25.3. The van der Waals surface area contributed by atoms with Crippen LogP contribution >= 0.6 is 34.5 Å². The molecule has 178 valence electrons. The zero-order valence-electron chi connectivity index (χ0n) is 18.0. The highest BCUT2D eigenvalue weighted by Gasteiger charge is 2.36. The Morgan fingerprint density at radius 3 is 2.55 bits per heavy atom. The highest BCUT2D eigenvalue weighted by molar-refractivity contribution is 7.92. The number of carbonyl (C=O) groups is 2. The molecule has 3 unspecified atom stereocenters.